The molecule has 0 saturated carbocycles. The summed E-state index contributed by atoms with van der Waals surface area (Å²) in [7, 11) is 0. The molecule has 2 aromatic rings. The van der Waals surface area contributed by atoms with Gasteiger partial charge in [-0.1, -0.05) is 6.92 Å². The Bertz CT molecular complexity index is 438. The smallest absolute Gasteiger partial charge is 0.228 e. The van der Waals surface area contributed by atoms with Gasteiger partial charge in [-0.25, -0.2) is 4.74 Å². The fraction of sp³-hybridized carbons (Fsp3) is 0.333. The van der Waals surface area contributed by atoms with Crippen molar-refractivity contribution in [1.82, 2.24) is 4.74 Å². The average molecular weight is 163 g/mol. The van der Waals surface area contributed by atoms with E-state index in [1.54, 1.807) is 0 Å². The van der Waals surface area contributed by atoms with Crippen molar-refractivity contribution < 1.29 is 9.26 Å². The van der Waals surface area contributed by atoms with E-state index in [0.717, 1.165) is 35.6 Å². The molecule has 0 radical (unpaired) electrons. The molecule has 0 unspecified atom stereocenters. The predicted octanol–water partition coefficient (Wildman–Crippen LogP) is 2.75. The number of ether oxygens (including phenoxy) is 1. The average Bonchev–Trinajstić information content (AvgIpc) is 2.77. The second-order valence-electron chi connectivity index (χ2n) is 3.04. The van der Waals surface area contributed by atoms with Gasteiger partial charge in [-0.2, -0.15) is 0 Å². The minimum atomic E-state index is 0.918. The Morgan fingerprint density at radius 2 is 2.33 bits per heavy atom. The summed E-state index contributed by atoms with van der Waals surface area (Å²) in [5, 5.41) is 0. The van der Waals surface area contributed by atoms with Crippen molar-refractivity contribution in [2.45, 2.75) is 19.9 Å². The van der Waals surface area contributed by atoms with Gasteiger partial charge in [0.1, 0.15) is 5.52 Å². The van der Waals surface area contributed by atoms with Crippen LogP contribution in [0.5, 0.6) is 11.5 Å². The van der Waals surface area contributed by atoms with Crippen LogP contribution in [0.15, 0.2) is 16.7 Å². The Hall–Kier alpha value is -1.38. The first-order valence-corrected chi connectivity index (χ1v) is 4.20. The van der Waals surface area contributed by atoms with Crippen molar-refractivity contribution in [3.05, 3.63) is 12.1 Å². The Morgan fingerprint density at radius 1 is 1.42 bits per heavy atom. The summed E-state index contributed by atoms with van der Waals surface area (Å²) >= 11 is 0. The highest BCUT2D eigenvalue weighted by Gasteiger charge is 2.28. The highest BCUT2D eigenvalue weighted by atomic mass is 16.6. The lowest BCUT2D eigenvalue weighted by atomic mass is 10.3. The molecule has 0 N–H and O–H groups in total. The molecule has 1 aromatic carbocycles. The molecule has 0 saturated heterocycles. The number of aryl methyl sites for hydroxylation is 1. The summed E-state index contributed by atoms with van der Waals surface area (Å²) in [6.07, 6.45) is 1.09. The number of aromatic nitrogens is 1. The predicted molar refractivity (Wildman–Crippen MR) is 44.6 cm³/mol. The largest absolute Gasteiger partial charge is 0.445 e. The van der Waals surface area contributed by atoms with E-state index in [-0.39, 0.29) is 0 Å². The first-order valence-electron chi connectivity index (χ1n) is 4.20. The fourth-order valence-corrected chi connectivity index (χ4v) is 1.47. The summed E-state index contributed by atoms with van der Waals surface area (Å²) in [4.78, 5) is 0. The van der Waals surface area contributed by atoms with Gasteiger partial charge in [-0.15, -0.1) is 0 Å². The molecule has 3 nitrogen and oxygen atoms in total. The minimum absolute atomic E-state index is 0.918. The normalized spacial score (nSPS) is 13.1. The number of hydrogen-bond donors (Lipinski definition) is 0. The van der Waals surface area contributed by atoms with Crippen LogP contribution in [0, 0.1) is 0 Å². The van der Waals surface area contributed by atoms with E-state index in [0.29, 0.717) is 0 Å². The molecule has 3 heteroatoms. The summed E-state index contributed by atoms with van der Waals surface area (Å²) in [5.74, 6) is 1.89. The van der Waals surface area contributed by atoms with Crippen molar-refractivity contribution in [3.8, 4) is 11.5 Å². The van der Waals surface area contributed by atoms with Crippen molar-refractivity contribution in [1.29, 1.82) is 0 Å². The molecule has 1 aliphatic heterocycles. The van der Waals surface area contributed by atoms with Gasteiger partial charge in [0.15, 0.2) is 5.75 Å². The number of rotatable bonds is 2. The Morgan fingerprint density at radius 3 is 3.17 bits per heavy atom. The van der Waals surface area contributed by atoms with Crippen LogP contribution in [0.25, 0.3) is 11.1 Å². The Kier molecular flexibility index (Phi) is 0.955. The number of hydrogen-bond acceptors (Lipinski definition) is 2. The van der Waals surface area contributed by atoms with Gasteiger partial charge in [0, 0.05) is 0 Å². The topological polar surface area (TPSA) is 30.6 Å². The first-order chi connectivity index (χ1) is 5.90. The van der Waals surface area contributed by atoms with E-state index >= 15 is 0 Å². The monoisotopic (exact) mass is 163 g/mol. The summed E-state index contributed by atoms with van der Waals surface area (Å²) < 4.78 is 12.5. The molecule has 1 aromatic heterocycles. The van der Waals surface area contributed by atoms with E-state index in [1.807, 2.05) is 16.9 Å². The maximum Gasteiger partial charge on any atom is 0.228 e. The highest BCUT2D eigenvalue weighted by molar-refractivity contribution is 5.88. The minimum Gasteiger partial charge on any atom is -0.445 e. The molecule has 0 fully saturated rings. The molecule has 1 aliphatic rings. The van der Waals surface area contributed by atoms with E-state index in [4.69, 9.17) is 9.26 Å². The molecular formula is C9H9NO2. The molecule has 0 atom stereocenters. The third-order valence-electron chi connectivity index (χ3n) is 2.12. The molecule has 0 amide bonds. The van der Waals surface area contributed by atoms with Crippen molar-refractivity contribution >= 4 is 11.1 Å². The van der Waals surface area contributed by atoms with E-state index in [9.17, 15) is 0 Å². The van der Waals surface area contributed by atoms with Crippen molar-refractivity contribution in [3.63, 3.8) is 0 Å². The lowest BCUT2D eigenvalue weighted by molar-refractivity contribution is 0.265. The molecule has 3 rings (SSSR count). The summed E-state index contributed by atoms with van der Waals surface area (Å²) in [6, 6.07) is 4.03. The fourth-order valence-electron chi connectivity index (χ4n) is 1.47. The number of nitrogens with zero attached hydrogens (tertiary/aromatic N) is 1. The molecule has 12 heavy (non-hydrogen) atoms. The van der Waals surface area contributed by atoms with Crippen LogP contribution in [-0.2, 0) is 6.54 Å². The zero-order valence-electron chi connectivity index (χ0n) is 6.83. The highest BCUT2D eigenvalue weighted by Crippen LogP contribution is 2.51. The van der Waals surface area contributed by atoms with E-state index in [2.05, 4.69) is 6.92 Å². The second kappa shape index (κ2) is 1.86. The number of benzene rings is 1. The molecule has 0 spiro atoms. The van der Waals surface area contributed by atoms with Crippen LogP contribution in [0.4, 0.5) is 0 Å². The molecule has 62 valence electrons. The standard InChI is InChI=1S/C9H9NO2/c1-2-5-10-6-3-4-7-9(11-7)8(6)12-10/h3-4H,2,5H2,1H3. The zero-order chi connectivity index (χ0) is 8.13. The first kappa shape index (κ1) is 6.17. The van der Waals surface area contributed by atoms with Gasteiger partial charge in [-0.3, -0.25) is 0 Å². The molecule has 0 aliphatic carbocycles. The maximum absolute atomic E-state index is 5.42. The Labute approximate surface area is 69.5 Å². The van der Waals surface area contributed by atoms with Gasteiger partial charge < -0.3 is 9.26 Å². The quantitative estimate of drug-likeness (QED) is 0.544. The second-order valence-corrected chi connectivity index (χ2v) is 3.04. The van der Waals surface area contributed by atoms with Gasteiger partial charge in [0.25, 0.3) is 0 Å². The van der Waals surface area contributed by atoms with E-state index in [1.165, 1.54) is 0 Å². The van der Waals surface area contributed by atoms with Gasteiger partial charge in [-0.05, 0) is 18.6 Å². The van der Waals surface area contributed by atoms with Gasteiger partial charge >= 0.3 is 0 Å². The molecular weight excluding hydrogens is 154 g/mol. The molecule has 2 heterocycles. The van der Waals surface area contributed by atoms with Crippen LogP contribution >= 0.6 is 0 Å². The van der Waals surface area contributed by atoms with Crippen molar-refractivity contribution in [2.24, 2.45) is 0 Å². The van der Waals surface area contributed by atoms with Gasteiger partial charge in [0.05, 0.1) is 6.54 Å². The van der Waals surface area contributed by atoms with Gasteiger partial charge in [0.2, 0.25) is 11.3 Å². The third kappa shape index (κ3) is 0.611. The van der Waals surface area contributed by atoms with Crippen LogP contribution in [0.2, 0.25) is 0 Å². The van der Waals surface area contributed by atoms with Crippen LogP contribution in [-0.4, -0.2) is 4.74 Å². The van der Waals surface area contributed by atoms with Crippen LogP contribution in [0.1, 0.15) is 13.3 Å². The van der Waals surface area contributed by atoms with Crippen LogP contribution < -0.4 is 4.74 Å². The SMILES string of the molecule is CCCn1oc2c3c(ccc21)O3. The third-order valence-corrected chi connectivity index (χ3v) is 2.12. The van der Waals surface area contributed by atoms with Crippen molar-refractivity contribution in [2.75, 3.05) is 0 Å². The Balaban J connectivity index is 2.12. The maximum atomic E-state index is 5.42. The zero-order valence-corrected chi connectivity index (χ0v) is 6.83. The lowest BCUT2D eigenvalue weighted by Crippen LogP contribution is -2.02. The lowest BCUT2D eigenvalue weighted by Gasteiger charge is -2.10. The number of fused-ring (bicyclic) bond motifs is 3. The summed E-state index contributed by atoms with van der Waals surface area (Å²) in [5.41, 5.74) is 2.08. The van der Waals surface area contributed by atoms with E-state index < -0.39 is 0 Å². The molecule has 0 bridgehead atoms. The summed E-state index contributed by atoms with van der Waals surface area (Å²) in [6.45, 7) is 3.08. The van der Waals surface area contributed by atoms with Crippen LogP contribution in [0.3, 0.4) is 0 Å².